The van der Waals surface area contributed by atoms with Crippen molar-refractivity contribution in [3.05, 3.63) is 29.6 Å². The summed E-state index contributed by atoms with van der Waals surface area (Å²) < 4.78 is 0. The molecule has 0 saturated heterocycles. The van der Waals surface area contributed by atoms with Crippen molar-refractivity contribution in [2.45, 2.75) is 50.8 Å². The normalized spacial score (nSPS) is 19.6. The van der Waals surface area contributed by atoms with Crippen molar-refractivity contribution in [1.29, 1.82) is 0 Å². The van der Waals surface area contributed by atoms with Gasteiger partial charge in [0.05, 0.1) is 0 Å². The maximum atomic E-state index is 6.53. The summed E-state index contributed by atoms with van der Waals surface area (Å²) in [5.41, 5.74) is 2.44. The average molecular weight is 238 g/mol. The molecule has 0 aromatic carbocycles. The molecule has 1 fully saturated rings. The summed E-state index contributed by atoms with van der Waals surface area (Å²) in [6.45, 7) is 2.12. The molecule has 2 heteroatoms. The van der Waals surface area contributed by atoms with Crippen LogP contribution in [0.5, 0.6) is 0 Å². The summed E-state index contributed by atoms with van der Waals surface area (Å²) in [5.74, 6) is 0.705. The summed E-state index contributed by atoms with van der Waals surface area (Å²) >= 11 is 6.53. The highest BCUT2D eigenvalue weighted by molar-refractivity contribution is 6.20. The summed E-state index contributed by atoms with van der Waals surface area (Å²) in [5, 5.41) is 0.272. The van der Waals surface area contributed by atoms with Crippen molar-refractivity contribution in [2.24, 2.45) is 5.92 Å². The molecule has 1 heterocycles. The van der Waals surface area contributed by atoms with Crippen molar-refractivity contribution in [1.82, 2.24) is 4.98 Å². The van der Waals surface area contributed by atoms with Crippen LogP contribution in [-0.4, -0.2) is 10.4 Å². The van der Waals surface area contributed by atoms with Crippen LogP contribution in [0.25, 0.3) is 0 Å². The van der Waals surface area contributed by atoms with E-state index in [1.807, 2.05) is 12.3 Å². The van der Waals surface area contributed by atoms with Gasteiger partial charge in [-0.3, -0.25) is 4.98 Å². The topological polar surface area (TPSA) is 12.9 Å². The van der Waals surface area contributed by atoms with E-state index in [0.717, 1.165) is 6.42 Å². The summed E-state index contributed by atoms with van der Waals surface area (Å²) in [4.78, 5) is 4.43. The van der Waals surface area contributed by atoms with Crippen LogP contribution in [0.3, 0.4) is 0 Å². The fourth-order valence-corrected chi connectivity index (χ4v) is 2.98. The molecule has 0 bridgehead atoms. The minimum atomic E-state index is 0.272. The van der Waals surface area contributed by atoms with Crippen molar-refractivity contribution >= 4 is 11.6 Å². The molecule has 1 nitrogen and oxygen atoms in total. The first-order valence-corrected chi connectivity index (χ1v) is 6.75. The number of pyridine rings is 1. The van der Waals surface area contributed by atoms with Gasteiger partial charge in [-0.1, -0.05) is 25.3 Å². The second kappa shape index (κ2) is 5.67. The number of rotatable bonds is 3. The highest BCUT2D eigenvalue weighted by Crippen LogP contribution is 2.30. The van der Waals surface area contributed by atoms with Crippen molar-refractivity contribution in [3.8, 4) is 0 Å². The van der Waals surface area contributed by atoms with E-state index < -0.39 is 0 Å². The number of aryl methyl sites for hydroxylation is 1. The van der Waals surface area contributed by atoms with Crippen molar-refractivity contribution in [2.75, 3.05) is 0 Å². The van der Waals surface area contributed by atoms with Gasteiger partial charge in [0.25, 0.3) is 0 Å². The molecular formula is C14H20ClN. The molecule has 2 rings (SSSR count). The Bertz CT molecular complexity index is 331. The maximum absolute atomic E-state index is 6.53. The summed E-state index contributed by atoms with van der Waals surface area (Å²) in [6.07, 6.45) is 9.51. The van der Waals surface area contributed by atoms with Gasteiger partial charge in [0, 0.05) is 23.7 Å². The van der Waals surface area contributed by atoms with Gasteiger partial charge in [-0.05, 0) is 37.3 Å². The molecule has 0 spiro atoms. The minimum Gasteiger partial charge on any atom is -0.261 e. The van der Waals surface area contributed by atoms with E-state index >= 15 is 0 Å². The van der Waals surface area contributed by atoms with Gasteiger partial charge >= 0.3 is 0 Å². The number of hydrogen-bond acceptors (Lipinski definition) is 1. The lowest BCUT2D eigenvalue weighted by molar-refractivity contribution is 0.343. The molecule has 0 N–H and O–H groups in total. The molecule has 1 aromatic rings. The van der Waals surface area contributed by atoms with E-state index in [2.05, 4.69) is 18.0 Å². The fraction of sp³-hybridized carbons (Fsp3) is 0.643. The lowest BCUT2D eigenvalue weighted by atomic mass is 9.85. The van der Waals surface area contributed by atoms with Crippen LogP contribution in [0.15, 0.2) is 18.3 Å². The number of alkyl halides is 1. The molecule has 1 aliphatic carbocycles. The van der Waals surface area contributed by atoms with Gasteiger partial charge in [-0.2, -0.15) is 0 Å². The summed E-state index contributed by atoms with van der Waals surface area (Å²) in [6, 6.07) is 4.11. The first-order valence-electron chi connectivity index (χ1n) is 6.32. The highest BCUT2D eigenvalue weighted by Gasteiger charge is 2.22. The standard InChI is InChI=1S/C14H20ClN/c1-11-6-5-9-16-14(11)10-13(15)12-7-3-2-4-8-12/h5-6,9,12-13H,2-4,7-8,10H2,1H3. The van der Waals surface area contributed by atoms with E-state index in [-0.39, 0.29) is 5.38 Å². The van der Waals surface area contributed by atoms with E-state index in [4.69, 9.17) is 11.6 Å². The zero-order valence-electron chi connectivity index (χ0n) is 9.95. The third-order valence-corrected chi connectivity index (χ3v) is 4.18. The Morgan fingerprint density at radius 3 is 2.81 bits per heavy atom. The number of aromatic nitrogens is 1. The lowest BCUT2D eigenvalue weighted by Gasteiger charge is -2.26. The zero-order valence-corrected chi connectivity index (χ0v) is 10.7. The Balaban J connectivity index is 1.96. The van der Waals surface area contributed by atoms with Crippen LogP contribution >= 0.6 is 11.6 Å². The third kappa shape index (κ3) is 2.98. The predicted octanol–water partition coefficient (Wildman–Crippen LogP) is 4.12. The number of hydrogen-bond donors (Lipinski definition) is 0. The molecule has 0 radical (unpaired) electrons. The molecule has 1 saturated carbocycles. The molecule has 1 atom stereocenters. The highest BCUT2D eigenvalue weighted by atomic mass is 35.5. The Labute approximate surface area is 103 Å². The maximum Gasteiger partial charge on any atom is 0.0447 e. The van der Waals surface area contributed by atoms with E-state index in [1.165, 1.54) is 43.4 Å². The smallest absolute Gasteiger partial charge is 0.0447 e. The molecule has 0 aliphatic heterocycles. The van der Waals surface area contributed by atoms with Gasteiger partial charge in [-0.25, -0.2) is 0 Å². The van der Waals surface area contributed by atoms with Crippen molar-refractivity contribution in [3.63, 3.8) is 0 Å². The van der Waals surface area contributed by atoms with Crippen LogP contribution in [0, 0.1) is 12.8 Å². The van der Waals surface area contributed by atoms with Gasteiger partial charge in [0.1, 0.15) is 0 Å². The lowest BCUT2D eigenvalue weighted by Crippen LogP contribution is -2.21. The third-order valence-electron chi connectivity index (χ3n) is 3.67. The van der Waals surface area contributed by atoms with E-state index in [0.29, 0.717) is 5.92 Å². The van der Waals surface area contributed by atoms with Crippen LogP contribution in [-0.2, 0) is 6.42 Å². The van der Waals surface area contributed by atoms with Gasteiger partial charge < -0.3 is 0 Å². The second-order valence-corrected chi connectivity index (χ2v) is 5.45. The molecule has 88 valence electrons. The van der Waals surface area contributed by atoms with Crippen LogP contribution < -0.4 is 0 Å². The van der Waals surface area contributed by atoms with Gasteiger partial charge in [0.2, 0.25) is 0 Å². The van der Waals surface area contributed by atoms with Gasteiger partial charge in [0.15, 0.2) is 0 Å². The van der Waals surface area contributed by atoms with E-state index in [1.54, 1.807) is 0 Å². The van der Waals surface area contributed by atoms with Crippen LogP contribution in [0.2, 0.25) is 0 Å². The quantitative estimate of drug-likeness (QED) is 0.721. The monoisotopic (exact) mass is 237 g/mol. The zero-order chi connectivity index (χ0) is 11.4. The fourth-order valence-electron chi connectivity index (χ4n) is 2.58. The Kier molecular flexibility index (Phi) is 4.22. The molecule has 1 aliphatic rings. The Morgan fingerprint density at radius 1 is 1.38 bits per heavy atom. The SMILES string of the molecule is Cc1cccnc1CC(Cl)C1CCCCC1. The second-order valence-electron chi connectivity index (χ2n) is 4.89. The first-order chi connectivity index (χ1) is 7.77. The van der Waals surface area contributed by atoms with Gasteiger partial charge in [-0.15, -0.1) is 11.6 Å². The number of halogens is 1. The van der Waals surface area contributed by atoms with Crippen molar-refractivity contribution < 1.29 is 0 Å². The Morgan fingerprint density at radius 2 is 2.12 bits per heavy atom. The molecule has 0 amide bonds. The predicted molar refractivity (Wildman–Crippen MR) is 68.9 cm³/mol. The van der Waals surface area contributed by atoms with Crippen LogP contribution in [0.4, 0.5) is 0 Å². The minimum absolute atomic E-state index is 0.272. The summed E-state index contributed by atoms with van der Waals surface area (Å²) in [7, 11) is 0. The first kappa shape index (κ1) is 11.9. The van der Waals surface area contributed by atoms with Crippen LogP contribution in [0.1, 0.15) is 43.4 Å². The van der Waals surface area contributed by atoms with E-state index in [9.17, 15) is 0 Å². The number of nitrogens with zero attached hydrogens (tertiary/aromatic N) is 1. The molecule has 1 unspecified atom stereocenters. The molecule has 16 heavy (non-hydrogen) atoms. The Hall–Kier alpha value is -0.560. The molecule has 1 aromatic heterocycles. The molecular weight excluding hydrogens is 218 g/mol. The average Bonchev–Trinajstić information content (AvgIpc) is 2.33. The largest absolute Gasteiger partial charge is 0.261 e.